The number of rotatable bonds is 4. The quantitative estimate of drug-likeness (QED) is 0.836. The van der Waals surface area contributed by atoms with E-state index in [9.17, 15) is 14.7 Å². The van der Waals surface area contributed by atoms with E-state index in [0.29, 0.717) is 12.2 Å². The van der Waals surface area contributed by atoms with Crippen LogP contribution in [0.25, 0.3) is 0 Å². The number of anilines is 1. The van der Waals surface area contributed by atoms with E-state index in [2.05, 4.69) is 5.32 Å². The molecule has 0 spiro atoms. The van der Waals surface area contributed by atoms with Crippen molar-refractivity contribution in [3.8, 4) is 0 Å². The average Bonchev–Trinajstić information content (AvgIpc) is 2.56. The Morgan fingerprint density at radius 2 is 2.04 bits per heavy atom. The second-order valence-corrected chi connectivity index (χ2v) is 6.31. The molecule has 1 aliphatic carbocycles. The van der Waals surface area contributed by atoms with Gasteiger partial charge in [-0.25, -0.2) is 0 Å². The lowest BCUT2D eigenvalue weighted by atomic mass is 9.86. The largest absolute Gasteiger partial charge is 0.393 e. The van der Waals surface area contributed by atoms with Gasteiger partial charge >= 0.3 is 11.8 Å². The number of nitrogens with one attached hydrogen (secondary N) is 1. The minimum Gasteiger partial charge on any atom is -0.393 e. The maximum Gasteiger partial charge on any atom is 0.313 e. The fraction of sp³-hybridized carbons (Fsp3) is 0.556. The molecule has 2 unspecified atom stereocenters. The fourth-order valence-corrected chi connectivity index (χ4v) is 3.06. The van der Waals surface area contributed by atoms with E-state index < -0.39 is 11.8 Å². The lowest BCUT2D eigenvalue weighted by Gasteiger charge is -2.30. The molecule has 126 valence electrons. The van der Waals surface area contributed by atoms with Crippen molar-refractivity contribution in [1.82, 2.24) is 4.90 Å². The van der Waals surface area contributed by atoms with E-state index in [1.54, 1.807) is 13.1 Å². The van der Waals surface area contributed by atoms with Crippen LogP contribution in [0.4, 0.5) is 5.69 Å². The SMILES string of the molecule is CCc1cccc(NC(=O)C(=O)N(C)CC2CCCCC2O)c1. The third kappa shape index (κ3) is 4.79. The molecule has 0 saturated heterocycles. The first-order chi connectivity index (χ1) is 11.0. The summed E-state index contributed by atoms with van der Waals surface area (Å²) in [6, 6.07) is 7.49. The number of aliphatic hydroxyl groups is 1. The van der Waals surface area contributed by atoms with E-state index in [-0.39, 0.29) is 12.0 Å². The van der Waals surface area contributed by atoms with Gasteiger partial charge in [-0.1, -0.05) is 31.9 Å². The Morgan fingerprint density at radius 3 is 2.74 bits per heavy atom. The van der Waals surface area contributed by atoms with E-state index in [4.69, 9.17) is 0 Å². The van der Waals surface area contributed by atoms with Gasteiger partial charge < -0.3 is 15.3 Å². The molecule has 5 heteroatoms. The Labute approximate surface area is 137 Å². The first-order valence-corrected chi connectivity index (χ1v) is 8.34. The zero-order valence-electron chi connectivity index (χ0n) is 13.9. The number of carbonyl (C=O) groups excluding carboxylic acids is 2. The molecule has 5 nitrogen and oxygen atoms in total. The highest BCUT2D eigenvalue weighted by atomic mass is 16.3. The molecule has 0 heterocycles. The van der Waals surface area contributed by atoms with Gasteiger partial charge in [-0.15, -0.1) is 0 Å². The van der Waals surface area contributed by atoms with Crippen molar-refractivity contribution < 1.29 is 14.7 Å². The molecule has 1 aliphatic rings. The van der Waals surface area contributed by atoms with Crippen LogP contribution in [0.5, 0.6) is 0 Å². The molecule has 2 amide bonds. The van der Waals surface area contributed by atoms with Crippen molar-refractivity contribution >= 4 is 17.5 Å². The van der Waals surface area contributed by atoms with E-state index in [1.165, 1.54) is 4.90 Å². The van der Waals surface area contributed by atoms with Crippen LogP contribution in [0, 0.1) is 5.92 Å². The summed E-state index contributed by atoms with van der Waals surface area (Å²) in [6.07, 6.45) is 4.28. The molecule has 1 aromatic carbocycles. The zero-order chi connectivity index (χ0) is 16.8. The average molecular weight is 318 g/mol. The van der Waals surface area contributed by atoms with Crippen molar-refractivity contribution in [2.75, 3.05) is 18.9 Å². The molecule has 2 atom stereocenters. The fourth-order valence-electron chi connectivity index (χ4n) is 3.06. The molecule has 0 radical (unpaired) electrons. The van der Waals surface area contributed by atoms with Gasteiger partial charge in [-0.2, -0.15) is 0 Å². The van der Waals surface area contributed by atoms with Gasteiger partial charge in [0.05, 0.1) is 6.10 Å². The molecule has 1 fully saturated rings. The summed E-state index contributed by atoms with van der Waals surface area (Å²) in [5.74, 6) is -1.13. The number of benzene rings is 1. The van der Waals surface area contributed by atoms with Crippen LogP contribution in [-0.4, -0.2) is 41.5 Å². The number of hydrogen-bond acceptors (Lipinski definition) is 3. The molecule has 0 aromatic heterocycles. The van der Waals surface area contributed by atoms with Gasteiger partial charge in [0.15, 0.2) is 0 Å². The van der Waals surface area contributed by atoms with Gasteiger partial charge in [0.2, 0.25) is 0 Å². The molecular formula is C18H26N2O3. The van der Waals surface area contributed by atoms with Crippen LogP contribution in [0.15, 0.2) is 24.3 Å². The van der Waals surface area contributed by atoms with E-state index in [1.807, 2.05) is 25.1 Å². The number of carbonyl (C=O) groups is 2. The Hall–Kier alpha value is -1.88. The predicted octanol–water partition coefficient (Wildman–Crippen LogP) is 2.20. The second kappa shape index (κ2) is 8.11. The minimum absolute atomic E-state index is 0.0638. The van der Waals surface area contributed by atoms with Crippen LogP contribution in [0.1, 0.15) is 38.2 Å². The Morgan fingerprint density at radius 1 is 1.30 bits per heavy atom. The van der Waals surface area contributed by atoms with Crippen molar-refractivity contribution in [2.24, 2.45) is 5.92 Å². The highest BCUT2D eigenvalue weighted by Crippen LogP contribution is 2.25. The summed E-state index contributed by atoms with van der Waals surface area (Å²) in [5.41, 5.74) is 1.74. The van der Waals surface area contributed by atoms with Crippen molar-refractivity contribution in [3.63, 3.8) is 0 Å². The summed E-state index contributed by atoms with van der Waals surface area (Å²) in [7, 11) is 1.62. The zero-order valence-corrected chi connectivity index (χ0v) is 13.9. The van der Waals surface area contributed by atoms with Crippen LogP contribution in [0.3, 0.4) is 0 Å². The third-order valence-corrected chi connectivity index (χ3v) is 4.51. The summed E-state index contributed by atoms with van der Waals surface area (Å²) < 4.78 is 0. The first-order valence-electron chi connectivity index (χ1n) is 8.34. The molecule has 1 saturated carbocycles. The van der Waals surface area contributed by atoms with E-state index in [0.717, 1.165) is 37.7 Å². The molecule has 23 heavy (non-hydrogen) atoms. The highest BCUT2D eigenvalue weighted by molar-refractivity contribution is 6.39. The predicted molar refractivity (Wildman–Crippen MR) is 90.1 cm³/mol. The molecule has 2 N–H and O–H groups in total. The minimum atomic E-state index is -0.633. The molecule has 0 bridgehead atoms. The Bertz CT molecular complexity index is 559. The maximum atomic E-state index is 12.2. The molecule has 1 aromatic rings. The van der Waals surface area contributed by atoms with Crippen LogP contribution in [0.2, 0.25) is 0 Å². The summed E-state index contributed by atoms with van der Waals surface area (Å²) >= 11 is 0. The maximum absolute atomic E-state index is 12.2. The van der Waals surface area contributed by atoms with Gasteiger partial charge in [0, 0.05) is 25.2 Å². The van der Waals surface area contributed by atoms with Crippen molar-refractivity contribution in [3.05, 3.63) is 29.8 Å². The smallest absolute Gasteiger partial charge is 0.313 e. The van der Waals surface area contributed by atoms with Crippen LogP contribution in [-0.2, 0) is 16.0 Å². The third-order valence-electron chi connectivity index (χ3n) is 4.51. The van der Waals surface area contributed by atoms with Gasteiger partial charge in [-0.3, -0.25) is 9.59 Å². The normalized spacial score (nSPS) is 20.8. The van der Waals surface area contributed by atoms with Crippen LogP contribution < -0.4 is 5.32 Å². The van der Waals surface area contributed by atoms with E-state index >= 15 is 0 Å². The molecular weight excluding hydrogens is 292 g/mol. The van der Waals surface area contributed by atoms with Crippen molar-refractivity contribution in [2.45, 2.75) is 45.1 Å². The number of aryl methyl sites for hydroxylation is 1. The Kier molecular flexibility index (Phi) is 6.16. The Balaban J connectivity index is 1.91. The molecule has 0 aliphatic heterocycles. The monoisotopic (exact) mass is 318 g/mol. The lowest BCUT2D eigenvalue weighted by Crippen LogP contribution is -2.42. The van der Waals surface area contributed by atoms with Crippen LogP contribution >= 0.6 is 0 Å². The van der Waals surface area contributed by atoms with Gasteiger partial charge in [0.1, 0.15) is 0 Å². The summed E-state index contributed by atoms with van der Waals surface area (Å²) in [4.78, 5) is 25.7. The summed E-state index contributed by atoms with van der Waals surface area (Å²) in [5, 5.41) is 12.6. The number of aliphatic hydroxyl groups excluding tert-OH is 1. The van der Waals surface area contributed by atoms with Gasteiger partial charge in [-0.05, 0) is 37.0 Å². The topological polar surface area (TPSA) is 69.6 Å². The molecule has 2 rings (SSSR count). The standard InChI is InChI=1S/C18H26N2O3/c1-3-13-7-6-9-15(11-13)19-17(22)18(23)20(2)12-14-8-4-5-10-16(14)21/h6-7,9,11,14,16,21H,3-5,8,10,12H2,1-2H3,(H,19,22). The second-order valence-electron chi connectivity index (χ2n) is 6.31. The number of likely N-dealkylation sites (N-methyl/N-ethyl adjacent to an activating group) is 1. The summed E-state index contributed by atoms with van der Waals surface area (Å²) in [6.45, 7) is 2.46. The number of amides is 2. The van der Waals surface area contributed by atoms with Gasteiger partial charge in [0.25, 0.3) is 0 Å². The lowest BCUT2D eigenvalue weighted by molar-refractivity contribution is -0.143. The number of hydrogen-bond donors (Lipinski definition) is 2. The number of nitrogens with zero attached hydrogens (tertiary/aromatic N) is 1. The van der Waals surface area contributed by atoms with Crippen molar-refractivity contribution in [1.29, 1.82) is 0 Å². The first kappa shape index (κ1) is 17.5. The highest BCUT2D eigenvalue weighted by Gasteiger charge is 2.27.